The number of thioether (sulfide) groups is 1. The smallest absolute Gasteiger partial charge is 0.336 e. The molecule has 0 aliphatic carbocycles. The number of aromatic carboxylic acids is 1. The Morgan fingerprint density at radius 3 is 2.83 bits per heavy atom. The number of carbonyl (C=O) groups is 1. The van der Waals surface area contributed by atoms with Gasteiger partial charge in [-0.1, -0.05) is 12.1 Å². The van der Waals surface area contributed by atoms with E-state index in [2.05, 4.69) is 20.9 Å². The summed E-state index contributed by atoms with van der Waals surface area (Å²) in [6.07, 6.45) is 3.50. The van der Waals surface area contributed by atoms with Gasteiger partial charge in [0, 0.05) is 27.5 Å². The van der Waals surface area contributed by atoms with Crippen LogP contribution in [0.4, 0.5) is 0 Å². The van der Waals surface area contributed by atoms with Crippen LogP contribution >= 0.6 is 27.7 Å². The second kappa shape index (κ2) is 6.02. The molecule has 0 saturated heterocycles. The van der Waals surface area contributed by atoms with Gasteiger partial charge in [0.1, 0.15) is 0 Å². The van der Waals surface area contributed by atoms with Crippen molar-refractivity contribution in [2.45, 2.75) is 10.6 Å². The van der Waals surface area contributed by atoms with Gasteiger partial charge >= 0.3 is 5.97 Å². The quantitative estimate of drug-likeness (QED) is 0.868. The Bertz CT molecular complexity index is 574. The van der Waals surface area contributed by atoms with Gasteiger partial charge in [0.2, 0.25) is 0 Å². The molecule has 2 aromatic rings. The fraction of sp³-hybridized carbons (Fsp3) is 0.0769. The molecule has 1 aromatic carbocycles. The van der Waals surface area contributed by atoms with Crippen molar-refractivity contribution in [1.82, 2.24) is 4.98 Å². The highest BCUT2D eigenvalue weighted by atomic mass is 79.9. The van der Waals surface area contributed by atoms with E-state index in [0.29, 0.717) is 11.3 Å². The minimum atomic E-state index is -0.898. The highest BCUT2D eigenvalue weighted by Gasteiger charge is 2.09. The van der Waals surface area contributed by atoms with E-state index in [1.165, 1.54) is 11.8 Å². The monoisotopic (exact) mass is 323 g/mol. The van der Waals surface area contributed by atoms with E-state index in [1.807, 2.05) is 18.2 Å². The van der Waals surface area contributed by atoms with Gasteiger partial charge in [0.05, 0.1) is 5.56 Å². The third kappa shape index (κ3) is 3.34. The van der Waals surface area contributed by atoms with E-state index in [-0.39, 0.29) is 0 Å². The molecule has 92 valence electrons. The highest BCUT2D eigenvalue weighted by molar-refractivity contribution is 9.10. The molecule has 2 rings (SSSR count). The molecular formula is C13H10BrNO2S. The molecule has 1 aromatic heterocycles. The van der Waals surface area contributed by atoms with Crippen molar-refractivity contribution in [3.8, 4) is 0 Å². The van der Waals surface area contributed by atoms with Crippen LogP contribution in [-0.2, 0) is 5.75 Å². The first-order valence-corrected chi connectivity index (χ1v) is 6.99. The Kier molecular flexibility index (Phi) is 4.38. The van der Waals surface area contributed by atoms with Gasteiger partial charge in [-0.05, 0) is 39.7 Å². The van der Waals surface area contributed by atoms with Crippen LogP contribution in [0.15, 0.2) is 52.1 Å². The standard InChI is InChI=1S/C13H10BrNO2S/c14-10-5-9(6-15-7-10)8-18-12-4-2-1-3-11(12)13(16)17/h1-7H,8H2,(H,16,17). The van der Waals surface area contributed by atoms with Crippen molar-refractivity contribution < 1.29 is 9.90 Å². The van der Waals surface area contributed by atoms with Crippen molar-refractivity contribution >= 4 is 33.7 Å². The lowest BCUT2D eigenvalue weighted by atomic mass is 10.2. The van der Waals surface area contributed by atoms with Gasteiger partial charge in [-0.25, -0.2) is 4.79 Å². The number of aromatic nitrogens is 1. The maximum atomic E-state index is 11.1. The molecule has 1 N–H and O–H groups in total. The second-order valence-corrected chi connectivity index (χ2v) is 5.53. The zero-order chi connectivity index (χ0) is 13.0. The Hall–Kier alpha value is -1.33. The number of rotatable bonds is 4. The van der Waals surface area contributed by atoms with Crippen LogP contribution in [0.2, 0.25) is 0 Å². The minimum absolute atomic E-state index is 0.338. The van der Waals surface area contributed by atoms with Gasteiger partial charge < -0.3 is 5.11 Å². The van der Waals surface area contributed by atoms with Crippen LogP contribution in [0.5, 0.6) is 0 Å². The average Bonchev–Trinajstić information content (AvgIpc) is 2.37. The molecule has 0 spiro atoms. The predicted molar refractivity (Wildman–Crippen MR) is 74.9 cm³/mol. The van der Waals surface area contributed by atoms with Crippen LogP contribution in [0.25, 0.3) is 0 Å². The normalized spacial score (nSPS) is 10.3. The number of nitrogens with zero attached hydrogens (tertiary/aromatic N) is 1. The lowest BCUT2D eigenvalue weighted by molar-refractivity contribution is 0.0693. The molecule has 1 heterocycles. The van der Waals surface area contributed by atoms with E-state index < -0.39 is 5.97 Å². The summed E-state index contributed by atoms with van der Waals surface area (Å²) in [4.78, 5) is 15.9. The Morgan fingerprint density at radius 1 is 1.33 bits per heavy atom. The topological polar surface area (TPSA) is 50.2 Å². The van der Waals surface area contributed by atoms with Crippen molar-refractivity contribution in [3.63, 3.8) is 0 Å². The Morgan fingerprint density at radius 2 is 2.11 bits per heavy atom. The average molecular weight is 324 g/mol. The maximum absolute atomic E-state index is 11.1. The molecule has 0 amide bonds. The van der Waals surface area contributed by atoms with E-state index in [4.69, 9.17) is 5.11 Å². The third-order valence-corrected chi connectivity index (χ3v) is 3.85. The Balaban J connectivity index is 2.13. The molecule has 0 fully saturated rings. The van der Waals surface area contributed by atoms with Crippen molar-refractivity contribution in [3.05, 3.63) is 58.3 Å². The summed E-state index contributed by atoms with van der Waals surface area (Å²) in [6.45, 7) is 0. The summed E-state index contributed by atoms with van der Waals surface area (Å²) in [5.41, 5.74) is 1.39. The summed E-state index contributed by atoms with van der Waals surface area (Å²) in [5, 5.41) is 9.07. The molecular weight excluding hydrogens is 314 g/mol. The molecule has 0 aliphatic heterocycles. The SMILES string of the molecule is O=C(O)c1ccccc1SCc1cncc(Br)c1. The van der Waals surface area contributed by atoms with Crippen LogP contribution in [0, 0.1) is 0 Å². The zero-order valence-corrected chi connectivity index (χ0v) is 11.7. The summed E-state index contributed by atoms with van der Waals surface area (Å²) in [5.74, 6) is -0.207. The van der Waals surface area contributed by atoms with Gasteiger partial charge in [0.25, 0.3) is 0 Å². The number of hydrogen-bond acceptors (Lipinski definition) is 3. The van der Waals surface area contributed by atoms with Gasteiger partial charge in [-0.15, -0.1) is 11.8 Å². The molecule has 0 radical (unpaired) electrons. The van der Waals surface area contributed by atoms with Gasteiger partial charge in [-0.2, -0.15) is 0 Å². The van der Waals surface area contributed by atoms with Crippen LogP contribution in [-0.4, -0.2) is 16.1 Å². The van der Waals surface area contributed by atoms with Gasteiger partial charge in [-0.3, -0.25) is 4.98 Å². The number of benzene rings is 1. The first kappa shape index (κ1) is 13.1. The molecule has 5 heteroatoms. The van der Waals surface area contributed by atoms with E-state index in [9.17, 15) is 4.79 Å². The summed E-state index contributed by atoms with van der Waals surface area (Å²) in [6, 6.07) is 8.98. The first-order chi connectivity index (χ1) is 8.66. The molecule has 3 nitrogen and oxygen atoms in total. The van der Waals surface area contributed by atoms with E-state index in [0.717, 1.165) is 14.9 Å². The van der Waals surface area contributed by atoms with Crippen molar-refractivity contribution in [2.75, 3.05) is 0 Å². The molecule has 0 bridgehead atoms. The molecule has 0 saturated carbocycles. The number of carboxylic acid groups (broad SMARTS) is 1. The molecule has 18 heavy (non-hydrogen) atoms. The molecule has 0 aliphatic rings. The van der Waals surface area contributed by atoms with Crippen LogP contribution < -0.4 is 0 Å². The van der Waals surface area contributed by atoms with Crippen LogP contribution in [0.3, 0.4) is 0 Å². The van der Waals surface area contributed by atoms with E-state index >= 15 is 0 Å². The minimum Gasteiger partial charge on any atom is -0.478 e. The van der Waals surface area contributed by atoms with Crippen LogP contribution in [0.1, 0.15) is 15.9 Å². The maximum Gasteiger partial charge on any atom is 0.336 e. The Labute approximate surface area is 117 Å². The predicted octanol–water partition coefficient (Wildman–Crippen LogP) is 3.83. The fourth-order valence-corrected chi connectivity index (χ4v) is 2.84. The third-order valence-electron chi connectivity index (χ3n) is 2.27. The molecule has 0 unspecified atom stereocenters. The largest absolute Gasteiger partial charge is 0.478 e. The van der Waals surface area contributed by atoms with Gasteiger partial charge in [0.15, 0.2) is 0 Å². The summed E-state index contributed by atoms with van der Waals surface area (Å²) < 4.78 is 0.923. The first-order valence-electron chi connectivity index (χ1n) is 5.21. The fourth-order valence-electron chi connectivity index (χ4n) is 1.47. The zero-order valence-electron chi connectivity index (χ0n) is 9.34. The molecule has 0 atom stereocenters. The number of halogens is 1. The van der Waals surface area contributed by atoms with Crippen molar-refractivity contribution in [1.29, 1.82) is 0 Å². The second-order valence-electron chi connectivity index (χ2n) is 3.60. The summed E-state index contributed by atoms with van der Waals surface area (Å²) in [7, 11) is 0. The summed E-state index contributed by atoms with van der Waals surface area (Å²) >= 11 is 4.86. The number of hydrogen-bond donors (Lipinski definition) is 1. The lowest BCUT2D eigenvalue weighted by Gasteiger charge is -2.05. The van der Waals surface area contributed by atoms with E-state index in [1.54, 1.807) is 24.5 Å². The number of carboxylic acids is 1. The highest BCUT2D eigenvalue weighted by Crippen LogP contribution is 2.26. The number of pyridine rings is 1. The van der Waals surface area contributed by atoms with Crippen molar-refractivity contribution in [2.24, 2.45) is 0 Å². The lowest BCUT2D eigenvalue weighted by Crippen LogP contribution is -1.98.